The molecule has 1 atom stereocenters. The maximum Gasteiger partial charge on any atom is 0.325 e. The van der Waals surface area contributed by atoms with Gasteiger partial charge in [-0.25, -0.2) is 4.39 Å². The highest BCUT2D eigenvalue weighted by Crippen LogP contribution is 2.32. The Morgan fingerprint density at radius 1 is 1.40 bits per heavy atom. The van der Waals surface area contributed by atoms with E-state index in [0.717, 1.165) is 13.1 Å². The molecule has 140 valence electrons. The fourth-order valence-corrected chi connectivity index (χ4v) is 2.92. The number of carbonyl (C=O) groups is 1. The van der Waals surface area contributed by atoms with E-state index >= 15 is 0 Å². The Morgan fingerprint density at radius 3 is 2.68 bits per heavy atom. The minimum Gasteiger partial charge on any atom is -0.491 e. The summed E-state index contributed by atoms with van der Waals surface area (Å²) in [7, 11) is 1.70. The average Bonchev–Trinajstić information content (AvgIpc) is 2.56. The Hall–Kier alpha value is -1.70. The lowest BCUT2D eigenvalue weighted by Gasteiger charge is -2.31. The highest BCUT2D eigenvalue weighted by atomic mass is 19.1. The molecule has 25 heavy (non-hydrogen) atoms. The second-order valence-electron chi connectivity index (χ2n) is 6.49. The van der Waals surface area contributed by atoms with Crippen LogP contribution in [0.5, 0.6) is 5.75 Å². The monoisotopic (exact) mass is 354 g/mol. The quantitative estimate of drug-likeness (QED) is 0.770. The molecule has 0 aliphatic carbocycles. The molecule has 7 heteroatoms. The molecular formula is C18H27FN2O4. The minimum atomic E-state index is -1.10. The molecule has 0 spiro atoms. The van der Waals surface area contributed by atoms with Gasteiger partial charge >= 0.3 is 5.97 Å². The second kappa shape index (κ2) is 9.12. The summed E-state index contributed by atoms with van der Waals surface area (Å²) in [6.45, 7) is 7.89. The Kier molecular flexibility index (Phi) is 7.16. The van der Waals surface area contributed by atoms with Crippen LogP contribution in [0.2, 0.25) is 0 Å². The number of nitrogens with zero attached hydrogens (tertiary/aromatic N) is 2. The van der Waals surface area contributed by atoms with E-state index in [1.54, 1.807) is 18.0 Å². The van der Waals surface area contributed by atoms with Gasteiger partial charge in [0.15, 0.2) is 0 Å². The molecule has 1 N–H and O–H groups in total. The molecule has 1 saturated heterocycles. The fourth-order valence-electron chi connectivity index (χ4n) is 2.92. The zero-order valence-corrected chi connectivity index (χ0v) is 15.1. The summed E-state index contributed by atoms with van der Waals surface area (Å²) in [4.78, 5) is 15.8. The van der Waals surface area contributed by atoms with E-state index in [-0.39, 0.29) is 17.4 Å². The van der Waals surface area contributed by atoms with E-state index in [4.69, 9.17) is 9.47 Å². The zero-order chi connectivity index (χ0) is 18.4. The SMILES string of the molecule is CC(C)Oc1cccc(F)c1[C@@H](C(=O)O)N(C)CCN1CCOCC1. The van der Waals surface area contributed by atoms with Crippen LogP contribution in [-0.4, -0.2) is 73.4 Å². The smallest absolute Gasteiger partial charge is 0.325 e. The van der Waals surface area contributed by atoms with E-state index in [9.17, 15) is 14.3 Å². The van der Waals surface area contributed by atoms with Crippen molar-refractivity contribution in [3.63, 3.8) is 0 Å². The van der Waals surface area contributed by atoms with E-state index in [0.29, 0.717) is 26.3 Å². The van der Waals surface area contributed by atoms with E-state index in [1.807, 2.05) is 13.8 Å². The zero-order valence-electron chi connectivity index (χ0n) is 15.1. The first-order valence-corrected chi connectivity index (χ1v) is 8.58. The molecule has 1 heterocycles. The third-order valence-corrected chi connectivity index (χ3v) is 4.20. The lowest BCUT2D eigenvalue weighted by Crippen LogP contribution is -2.42. The normalized spacial score (nSPS) is 17.0. The van der Waals surface area contributed by atoms with Crippen molar-refractivity contribution >= 4 is 5.97 Å². The first-order valence-electron chi connectivity index (χ1n) is 8.58. The Balaban J connectivity index is 2.17. The summed E-state index contributed by atoms with van der Waals surface area (Å²) < 4.78 is 25.4. The van der Waals surface area contributed by atoms with Crippen LogP contribution in [0.1, 0.15) is 25.5 Å². The third kappa shape index (κ3) is 5.39. The Morgan fingerprint density at radius 2 is 2.08 bits per heavy atom. The van der Waals surface area contributed by atoms with Crippen molar-refractivity contribution in [2.24, 2.45) is 0 Å². The fraction of sp³-hybridized carbons (Fsp3) is 0.611. The maximum absolute atomic E-state index is 14.5. The molecule has 0 bridgehead atoms. The summed E-state index contributed by atoms with van der Waals surface area (Å²) >= 11 is 0. The first kappa shape index (κ1) is 19.6. The molecule has 1 fully saturated rings. The number of carboxylic acids is 1. The summed E-state index contributed by atoms with van der Waals surface area (Å²) in [5.41, 5.74) is 0.0770. The predicted molar refractivity (Wildman–Crippen MR) is 92.4 cm³/mol. The first-order chi connectivity index (χ1) is 11.9. The van der Waals surface area contributed by atoms with Gasteiger partial charge < -0.3 is 14.6 Å². The van der Waals surface area contributed by atoms with Crippen molar-refractivity contribution in [2.75, 3.05) is 46.4 Å². The minimum absolute atomic E-state index is 0.0770. The molecule has 0 saturated carbocycles. The van der Waals surface area contributed by atoms with E-state index in [1.165, 1.54) is 12.1 Å². The molecule has 1 aromatic carbocycles. The highest BCUT2D eigenvalue weighted by molar-refractivity contribution is 5.76. The van der Waals surface area contributed by atoms with Crippen LogP contribution in [0, 0.1) is 5.82 Å². The van der Waals surface area contributed by atoms with Gasteiger partial charge in [0, 0.05) is 26.2 Å². The molecule has 0 unspecified atom stereocenters. The molecule has 6 nitrogen and oxygen atoms in total. The molecule has 1 aromatic rings. The van der Waals surface area contributed by atoms with E-state index < -0.39 is 17.8 Å². The molecule has 0 radical (unpaired) electrons. The summed E-state index contributed by atoms with van der Waals surface area (Å²) in [5, 5.41) is 9.72. The van der Waals surface area contributed by atoms with Gasteiger partial charge in [-0.1, -0.05) is 6.07 Å². The van der Waals surface area contributed by atoms with Crippen molar-refractivity contribution in [3.8, 4) is 5.75 Å². The summed E-state index contributed by atoms with van der Waals surface area (Å²) in [6.07, 6.45) is -0.173. The molecule has 1 aliphatic rings. The van der Waals surface area contributed by atoms with Gasteiger partial charge in [-0.05, 0) is 33.0 Å². The average molecular weight is 354 g/mol. The summed E-state index contributed by atoms with van der Waals surface area (Å²) in [5.74, 6) is -1.38. The largest absolute Gasteiger partial charge is 0.491 e. The number of morpholine rings is 1. The Bertz CT molecular complexity index is 576. The second-order valence-corrected chi connectivity index (χ2v) is 6.49. The van der Waals surface area contributed by atoms with Crippen LogP contribution < -0.4 is 4.74 Å². The lowest BCUT2D eigenvalue weighted by molar-refractivity contribution is -0.143. The number of likely N-dealkylation sites (N-methyl/N-ethyl adjacent to an activating group) is 1. The van der Waals surface area contributed by atoms with Crippen molar-refractivity contribution in [1.82, 2.24) is 9.80 Å². The lowest BCUT2D eigenvalue weighted by atomic mass is 10.0. The van der Waals surface area contributed by atoms with Crippen LogP contribution in [0.15, 0.2) is 18.2 Å². The molecule has 2 rings (SSSR count). The van der Waals surface area contributed by atoms with Gasteiger partial charge in [-0.3, -0.25) is 14.6 Å². The van der Waals surface area contributed by atoms with Crippen molar-refractivity contribution in [1.29, 1.82) is 0 Å². The molecular weight excluding hydrogens is 327 g/mol. The number of rotatable bonds is 8. The van der Waals surface area contributed by atoms with Crippen molar-refractivity contribution < 1.29 is 23.8 Å². The van der Waals surface area contributed by atoms with Crippen molar-refractivity contribution in [3.05, 3.63) is 29.6 Å². The van der Waals surface area contributed by atoms with Crippen LogP contribution in [0.4, 0.5) is 4.39 Å². The van der Waals surface area contributed by atoms with E-state index in [2.05, 4.69) is 4.90 Å². The number of benzene rings is 1. The molecule has 1 aliphatic heterocycles. The number of hydrogen-bond donors (Lipinski definition) is 1. The topological polar surface area (TPSA) is 62.2 Å². The van der Waals surface area contributed by atoms with Gasteiger partial charge in [-0.15, -0.1) is 0 Å². The number of carboxylic acid groups (broad SMARTS) is 1. The van der Waals surface area contributed by atoms with Crippen LogP contribution in [0.25, 0.3) is 0 Å². The van der Waals surface area contributed by atoms with Crippen LogP contribution in [0.3, 0.4) is 0 Å². The Labute approximate surface area is 148 Å². The van der Waals surface area contributed by atoms with Gasteiger partial charge in [-0.2, -0.15) is 0 Å². The summed E-state index contributed by atoms with van der Waals surface area (Å²) in [6, 6.07) is 3.32. The van der Waals surface area contributed by atoms with Gasteiger partial charge in [0.05, 0.1) is 24.9 Å². The number of hydrogen-bond acceptors (Lipinski definition) is 5. The number of ether oxygens (including phenoxy) is 2. The maximum atomic E-state index is 14.5. The standard InChI is InChI=1S/C18H27FN2O4/c1-13(2)25-15-6-4-5-14(19)16(15)17(18(22)23)20(3)7-8-21-9-11-24-12-10-21/h4-6,13,17H,7-12H2,1-3H3,(H,22,23)/t17-/m0/s1. The predicted octanol–water partition coefficient (Wildman–Crippen LogP) is 2.00. The molecule has 0 amide bonds. The van der Waals surface area contributed by atoms with Gasteiger partial charge in [0.2, 0.25) is 0 Å². The number of halogens is 1. The molecule has 0 aromatic heterocycles. The van der Waals surface area contributed by atoms with Crippen LogP contribution >= 0.6 is 0 Å². The highest BCUT2D eigenvalue weighted by Gasteiger charge is 2.31. The third-order valence-electron chi connectivity index (χ3n) is 4.20. The number of aliphatic carboxylic acids is 1. The van der Waals surface area contributed by atoms with Gasteiger partial charge in [0.1, 0.15) is 17.6 Å². The van der Waals surface area contributed by atoms with Crippen LogP contribution in [-0.2, 0) is 9.53 Å². The van der Waals surface area contributed by atoms with Crippen molar-refractivity contribution in [2.45, 2.75) is 26.0 Å². The van der Waals surface area contributed by atoms with Gasteiger partial charge in [0.25, 0.3) is 0 Å².